The predicted molar refractivity (Wildman–Crippen MR) is 115 cm³/mol. The fourth-order valence-corrected chi connectivity index (χ4v) is 4.85. The van der Waals surface area contributed by atoms with Crippen molar-refractivity contribution in [3.63, 3.8) is 0 Å². The third-order valence-corrected chi connectivity index (χ3v) is 6.77. The van der Waals surface area contributed by atoms with Gasteiger partial charge in [-0.25, -0.2) is 4.89 Å². The van der Waals surface area contributed by atoms with Gasteiger partial charge in [0.1, 0.15) is 6.29 Å². The summed E-state index contributed by atoms with van der Waals surface area (Å²) < 4.78 is 9.53. The maximum Gasteiger partial charge on any atom is 0.353 e. The summed E-state index contributed by atoms with van der Waals surface area (Å²) in [5.74, 6) is -0.0443. The Morgan fingerprint density at radius 2 is 2.10 bits per heavy atom. The van der Waals surface area contributed by atoms with Gasteiger partial charge in [-0.1, -0.05) is 12.8 Å². The molecule has 1 aliphatic heterocycles. The molecule has 172 valence electrons. The van der Waals surface area contributed by atoms with E-state index in [-0.39, 0.29) is 56.7 Å². The third-order valence-electron chi connectivity index (χ3n) is 4.13. The van der Waals surface area contributed by atoms with Crippen molar-refractivity contribution in [1.29, 1.82) is 0 Å². The first kappa shape index (κ1) is 27.2. The van der Waals surface area contributed by atoms with Gasteiger partial charge in [0.25, 0.3) is 0 Å². The largest absolute Gasteiger partial charge is 0.356 e. The van der Waals surface area contributed by atoms with Crippen molar-refractivity contribution in [2.45, 2.75) is 50.2 Å². The van der Waals surface area contributed by atoms with Gasteiger partial charge in [0.05, 0.1) is 19.0 Å². The van der Waals surface area contributed by atoms with Crippen LogP contribution in [0.5, 0.6) is 0 Å². The summed E-state index contributed by atoms with van der Waals surface area (Å²) >= 11 is 6.16. The molecule has 0 aliphatic carbocycles. The van der Waals surface area contributed by atoms with Gasteiger partial charge < -0.3 is 19.5 Å². The predicted octanol–water partition coefficient (Wildman–Crippen LogP) is 1.31. The highest BCUT2D eigenvalue weighted by molar-refractivity contribution is 8.07. The highest BCUT2D eigenvalue weighted by Crippen LogP contribution is 2.43. The van der Waals surface area contributed by atoms with Gasteiger partial charge in [0.15, 0.2) is 0 Å². The molecule has 2 N–H and O–H groups in total. The summed E-state index contributed by atoms with van der Waals surface area (Å²) in [6.07, 6.45) is 4.50. The van der Waals surface area contributed by atoms with E-state index in [1.54, 1.807) is 0 Å². The lowest BCUT2D eigenvalue weighted by Crippen LogP contribution is -2.35. The molecule has 0 radical (unpaired) electrons. The summed E-state index contributed by atoms with van der Waals surface area (Å²) in [5, 5.41) is 2.16. The molecule has 13 heteroatoms. The summed E-state index contributed by atoms with van der Waals surface area (Å²) in [7, 11) is 1.25. The number of unbranched alkanes of at least 4 members (excludes halogenated alkanes) is 3. The highest BCUT2D eigenvalue weighted by Gasteiger charge is 2.38. The minimum Gasteiger partial charge on any atom is -0.356 e. The van der Waals surface area contributed by atoms with Crippen LogP contribution >= 0.6 is 18.5 Å². The number of nitrogens with one attached hydrogen (secondary N) is 1. The number of nitrogens with zero attached hydrogens (tertiary/aromatic N) is 1. The Balaban J connectivity index is 2.15. The normalized spacial score (nSPS) is 18.5. The second kappa shape index (κ2) is 15.0. The number of hydrogen-bond donors (Lipinski definition) is 2. The molecule has 2 unspecified atom stereocenters. The van der Waals surface area contributed by atoms with E-state index in [4.69, 9.17) is 16.3 Å². The second-order valence-electron chi connectivity index (χ2n) is 6.46. The number of carbonyl (C=O) groups excluding carboxylic acids is 4. The molecule has 30 heavy (non-hydrogen) atoms. The van der Waals surface area contributed by atoms with E-state index in [0.717, 1.165) is 29.9 Å². The van der Waals surface area contributed by atoms with Crippen LogP contribution in [0.3, 0.4) is 0 Å². The summed E-state index contributed by atoms with van der Waals surface area (Å²) in [6.45, 7) is -2.72. The molecule has 0 aromatic carbocycles. The van der Waals surface area contributed by atoms with Crippen LogP contribution in [0.25, 0.3) is 0 Å². The molecule has 2 atom stereocenters. The minimum absolute atomic E-state index is 0.0346. The zero-order chi connectivity index (χ0) is 22.4. The summed E-state index contributed by atoms with van der Waals surface area (Å²) in [5.41, 5.74) is 0. The Morgan fingerprint density at radius 1 is 1.37 bits per heavy atom. The number of rotatable bonds is 17. The molecule has 1 heterocycles. The lowest BCUT2D eigenvalue weighted by Gasteiger charge is -2.14. The van der Waals surface area contributed by atoms with Crippen LogP contribution in [-0.2, 0) is 45.1 Å². The van der Waals surface area contributed by atoms with Gasteiger partial charge in [-0.3, -0.25) is 19.3 Å². The van der Waals surface area contributed by atoms with Crippen LogP contribution < -0.4 is 5.32 Å². The average molecular weight is 485 g/mol. The van der Waals surface area contributed by atoms with Crippen LogP contribution in [-0.4, -0.2) is 71.6 Å². The Morgan fingerprint density at radius 3 is 2.80 bits per heavy atom. The lowest BCUT2D eigenvalue weighted by atomic mass is 10.2. The van der Waals surface area contributed by atoms with E-state index in [1.807, 2.05) is 0 Å². The quantitative estimate of drug-likeness (QED) is 0.0778. The molecule has 3 amide bonds. The van der Waals surface area contributed by atoms with Crippen LogP contribution in [0.2, 0.25) is 0 Å². The molecule has 0 spiro atoms. The maximum atomic E-state index is 12.4. The molecule has 0 aromatic rings. The number of aldehydes is 1. The van der Waals surface area contributed by atoms with Crippen molar-refractivity contribution >= 4 is 54.3 Å². The van der Waals surface area contributed by atoms with E-state index in [2.05, 4.69) is 14.9 Å². The van der Waals surface area contributed by atoms with Gasteiger partial charge in [-0.05, 0) is 30.4 Å². The molecule has 1 aliphatic rings. The monoisotopic (exact) mass is 484 g/mol. The SMILES string of the molecule is COOP(O)(=S)OCCCCCCSC1CC(=O)N(CCC(=O)NCCC=O)C1=O. The van der Waals surface area contributed by atoms with Crippen LogP contribution in [0.4, 0.5) is 0 Å². The molecule has 1 rings (SSSR count). The van der Waals surface area contributed by atoms with Gasteiger partial charge >= 0.3 is 6.72 Å². The summed E-state index contributed by atoms with van der Waals surface area (Å²) in [4.78, 5) is 61.3. The lowest BCUT2D eigenvalue weighted by molar-refractivity contribution is -0.189. The zero-order valence-corrected chi connectivity index (χ0v) is 19.5. The molecule has 0 bridgehead atoms. The van der Waals surface area contributed by atoms with E-state index >= 15 is 0 Å². The topological polar surface area (TPSA) is 131 Å². The van der Waals surface area contributed by atoms with E-state index < -0.39 is 12.0 Å². The molecule has 0 aromatic heterocycles. The van der Waals surface area contributed by atoms with Gasteiger partial charge in [-0.15, -0.1) is 16.4 Å². The minimum atomic E-state index is -3.31. The van der Waals surface area contributed by atoms with Crippen molar-refractivity contribution in [2.75, 3.05) is 32.6 Å². The van der Waals surface area contributed by atoms with Crippen LogP contribution in [0, 0.1) is 0 Å². The van der Waals surface area contributed by atoms with Crippen LogP contribution in [0.1, 0.15) is 44.9 Å². The van der Waals surface area contributed by atoms with Crippen LogP contribution in [0.15, 0.2) is 0 Å². The second-order valence-corrected chi connectivity index (χ2v) is 10.5. The molecular weight excluding hydrogens is 455 g/mol. The van der Waals surface area contributed by atoms with Crippen molar-refractivity contribution in [2.24, 2.45) is 0 Å². The smallest absolute Gasteiger partial charge is 0.353 e. The molecule has 1 saturated heterocycles. The number of amides is 3. The molecule has 0 saturated carbocycles. The van der Waals surface area contributed by atoms with E-state index in [9.17, 15) is 24.1 Å². The first-order valence-electron chi connectivity index (χ1n) is 9.66. The van der Waals surface area contributed by atoms with Gasteiger partial charge in [-0.2, -0.15) is 0 Å². The van der Waals surface area contributed by atoms with E-state index in [0.29, 0.717) is 12.7 Å². The number of likely N-dealkylation sites (tertiary alicyclic amines) is 1. The molecule has 1 fully saturated rings. The Kier molecular flexibility index (Phi) is 13.6. The number of hydrogen-bond acceptors (Lipinski definition) is 9. The number of imide groups is 1. The Bertz CT molecular complexity index is 637. The van der Waals surface area contributed by atoms with Crippen molar-refractivity contribution in [1.82, 2.24) is 10.2 Å². The molecule has 10 nitrogen and oxygen atoms in total. The Hall–Kier alpha value is -0.880. The average Bonchev–Trinajstić information content (AvgIpc) is 2.95. The fourth-order valence-electron chi connectivity index (χ4n) is 2.67. The van der Waals surface area contributed by atoms with Gasteiger partial charge in [0.2, 0.25) is 17.7 Å². The summed E-state index contributed by atoms with van der Waals surface area (Å²) in [6, 6.07) is 0. The first-order valence-corrected chi connectivity index (χ1v) is 13.3. The number of thioether (sulfide) groups is 1. The maximum absolute atomic E-state index is 12.4. The van der Waals surface area contributed by atoms with Crippen molar-refractivity contribution in [3.05, 3.63) is 0 Å². The van der Waals surface area contributed by atoms with E-state index in [1.165, 1.54) is 18.9 Å². The van der Waals surface area contributed by atoms with Gasteiger partial charge in [0, 0.05) is 32.4 Å². The fraction of sp³-hybridized carbons (Fsp3) is 0.765. The highest BCUT2D eigenvalue weighted by atomic mass is 32.5. The first-order chi connectivity index (χ1) is 14.3. The third kappa shape index (κ3) is 10.9. The Labute approximate surface area is 185 Å². The van der Waals surface area contributed by atoms with Crippen molar-refractivity contribution in [3.8, 4) is 0 Å². The van der Waals surface area contributed by atoms with Crippen molar-refractivity contribution < 1.29 is 38.2 Å². The zero-order valence-electron chi connectivity index (χ0n) is 16.9. The number of carbonyl (C=O) groups is 4. The molecular formula is C17H29N2O8PS2. The standard InChI is InChI=1S/C17H29N2O8PS2/c1-25-27-28(24,29)26-11-4-2-3-5-12-30-14-13-16(22)19(17(14)23)9-7-15(21)18-8-6-10-20/h10,14H,2-9,11-13H2,1H3,(H,18,21)(H,24,29).